The highest BCUT2D eigenvalue weighted by molar-refractivity contribution is 9.10. The quantitative estimate of drug-likeness (QED) is 0.612. The van der Waals surface area contributed by atoms with Gasteiger partial charge in [0.2, 0.25) is 0 Å². The largest absolute Gasteiger partial charge is 0.508 e. The molecule has 0 radical (unpaired) electrons. The highest BCUT2D eigenvalue weighted by Gasteiger charge is 2.12. The Hall–Kier alpha value is -2.31. The summed E-state index contributed by atoms with van der Waals surface area (Å²) in [6.45, 7) is 3.56. The van der Waals surface area contributed by atoms with Gasteiger partial charge in [0.1, 0.15) is 23.7 Å². The van der Waals surface area contributed by atoms with E-state index in [1.807, 2.05) is 31.3 Å². The third kappa shape index (κ3) is 4.26. The maximum Gasteiger partial charge on any atom is 0.336 e. The van der Waals surface area contributed by atoms with Gasteiger partial charge in [-0.25, -0.2) is 4.79 Å². The fourth-order valence-electron chi connectivity index (χ4n) is 2.77. The minimum absolute atomic E-state index is 0.119. The topological polar surface area (TPSA) is 62.9 Å². The number of benzene rings is 2. The van der Waals surface area contributed by atoms with Crippen LogP contribution >= 0.6 is 15.9 Å². The van der Waals surface area contributed by atoms with Gasteiger partial charge in [-0.2, -0.15) is 0 Å². The van der Waals surface area contributed by atoms with Crippen molar-refractivity contribution >= 4 is 26.9 Å². The van der Waals surface area contributed by atoms with Gasteiger partial charge in [-0.3, -0.25) is 4.90 Å². The minimum Gasteiger partial charge on any atom is -0.508 e. The molecule has 0 bridgehead atoms. The van der Waals surface area contributed by atoms with Gasteiger partial charge in [-0.1, -0.05) is 15.9 Å². The summed E-state index contributed by atoms with van der Waals surface area (Å²) in [4.78, 5) is 14.0. The van der Waals surface area contributed by atoms with Crippen LogP contribution in [0.15, 0.2) is 56.1 Å². The molecule has 26 heavy (non-hydrogen) atoms. The van der Waals surface area contributed by atoms with Crippen LogP contribution in [0.2, 0.25) is 0 Å². The summed E-state index contributed by atoms with van der Waals surface area (Å²) in [5, 5.41) is 10.7. The molecule has 1 aromatic heterocycles. The van der Waals surface area contributed by atoms with Crippen molar-refractivity contribution in [3.8, 4) is 11.5 Å². The van der Waals surface area contributed by atoms with Gasteiger partial charge in [0, 0.05) is 34.6 Å². The number of fused-ring (bicyclic) bond motifs is 1. The SMILES string of the molecule is Cc1c(O)ccc2c(CN(C)CCOc3ccc(Br)cc3)cc(=O)oc12. The Morgan fingerprint density at radius 1 is 1.19 bits per heavy atom. The van der Waals surface area contributed by atoms with E-state index in [0.29, 0.717) is 30.8 Å². The predicted octanol–water partition coefficient (Wildman–Crippen LogP) is 4.08. The van der Waals surface area contributed by atoms with Gasteiger partial charge in [0.15, 0.2) is 0 Å². The van der Waals surface area contributed by atoms with Crippen molar-refractivity contribution in [3.05, 3.63) is 68.5 Å². The molecule has 3 rings (SSSR count). The monoisotopic (exact) mass is 417 g/mol. The molecule has 6 heteroatoms. The van der Waals surface area contributed by atoms with E-state index in [1.165, 1.54) is 6.07 Å². The van der Waals surface area contributed by atoms with Crippen LogP contribution in [0, 0.1) is 6.92 Å². The third-order valence-corrected chi connectivity index (χ3v) is 4.74. The molecule has 2 aromatic carbocycles. The number of phenolic OH excluding ortho intramolecular Hbond substituents is 1. The van der Waals surface area contributed by atoms with E-state index in [1.54, 1.807) is 19.1 Å². The first-order chi connectivity index (χ1) is 12.4. The first-order valence-electron chi connectivity index (χ1n) is 8.26. The Morgan fingerprint density at radius 3 is 2.65 bits per heavy atom. The van der Waals surface area contributed by atoms with Gasteiger partial charge in [0.25, 0.3) is 0 Å². The van der Waals surface area contributed by atoms with Gasteiger partial charge in [-0.15, -0.1) is 0 Å². The van der Waals surface area contributed by atoms with Crippen LogP contribution in [-0.2, 0) is 6.54 Å². The lowest BCUT2D eigenvalue weighted by molar-refractivity contribution is 0.233. The summed E-state index contributed by atoms with van der Waals surface area (Å²) >= 11 is 3.40. The zero-order valence-electron chi connectivity index (χ0n) is 14.7. The predicted molar refractivity (Wildman–Crippen MR) is 105 cm³/mol. The van der Waals surface area contributed by atoms with E-state index < -0.39 is 5.63 Å². The van der Waals surface area contributed by atoms with Crippen LogP contribution in [0.1, 0.15) is 11.1 Å². The van der Waals surface area contributed by atoms with E-state index in [2.05, 4.69) is 20.8 Å². The second-order valence-corrected chi connectivity index (χ2v) is 7.13. The molecule has 0 aliphatic carbocycles. The Morgan fingerprint density at radius 2 is 1.92 bits per heavy atom. The number of ether oxygens (including phenoxy) is 1. The highest BCUT2D eigenvalue weighted by Crippen LogP contribution is 2.27. The fraction of sp³-hybridized carbons (Fsp3) is 0.250. The zero-order chi connectivity index (χ0) is 18.7. The summed E-state index contributed by atoms with van der Waals surface area (Å²) in [6, 6.07) is 12.6. The number of nitrogens with zero attached hydrogens (tertiary/aromatic N) is 1. The van der Waals surface area contributed by atoms with Crippen LogP contribution in [0.4, 0.5) is 0 Å². The number of aryl methyl sites for hydroxylation is 1. The molecule has 5 nitrogen and oxygen atoms in total. The summed E-state index contributed by atoms with van der Waals surface area (Å²) in [6.07, 6.45) is 0. The zero-order valence-corrected chi connectivity index (χ0v) is 16.2. The Bertz CT molecular complexity index is 966. The molecule has 0 saturated heterocycles. The molecular formula is C20H20BrNO4. The molecule has 3 aromatic rings. The van der Waals surface area contributed by atoms with E-state index in [0.717, 1.165) is 21.2 Å². The van der Waals surface area contributed by atoms with Crippen molar-refractivity contribution in [2.24, 2.45) is 0 Å². The molecule has 0 spiro atoms. The molecule has 1 heterocycles. The normalized spacial score (nSPS) is 11.2. The van der Waals surface area contributed by atoms with E-state index in [9.17, 15) is 9.90 Å². The second-order valence-electron chi connectivity index (χ2n) is 6.22. The number of aromatic hydroxyl groups is 1. The van der Waals surface area contributed by atoms with Crippen molar-refractivity contribution in [1.82, 2.24) is 4.90 Å². The molecular weight excluding hydrogens is 398 g/mol. The Kier molecular flexibility index (Phi) is 5.64. The number of halogens is 1. The summed E-state index contributed by atoms with van der Waals surface area (Å²) in [7, 11) is 1.97. The molecule has 0 saturated carbocycles. The standard InChI is InChI=1S/C20H20BrNO4/c1-13-18(23)8-7-17-14(11-19(24)26-20(13)17)12-22(2)9-10-25-16-5-3-15(21)4-6-16/h3-8,11,23H,9-10,12H2,1-2H3. The maximum absolute atomic E-state index is 11.9. The van der Waals surface area contributed by atoms with E-state index in [-0.39, 0.29) is 5.75 Å². The van der Waals surface area contributed by atoms with Gasteiger partial charge < -0.3 is 14.3 Å². The van der Waals surface area contributed by atoms with Gasteiger partial charge >= 0.3 is 5.63 Å². The third-order valence-electron chi connectivity index (χ3n) is 4.21. The molecule has 0 amide bonds. The summed E-state index contributed by atoms with van der Waals surface area (Å²) in [5.74, 6) is 0.938. The molecule has 136 valence electrons. The molecule has 0 unspecified atom stereocenters. The number of hydrogen-bond acceptors (Lipinski definition) is 5. The fourth-order valence-corrected chi connectivity index (χ4v) is 3.03. The van der Waals surface area contributed by atoms with Gasteiger partial charge in [-0.05, 0) is 55.9 Å². The number of likely N-dealkylation sites (N-methyl/N-ethyl adjacent to an activating group) is 1. The first-order valence-corrected chi connectivity index (χ1v) is 9.05. The molecule has 0 fully saturated rings. The Balaban J connectivity index is 1.69. The van der Waals surface area contributed by atoms with Crippen LogP contribution in [-0.4, -0.2) is 30.2 Å². The van der Waals surface area contributed by atoms with Crippen molar-refractivity contribution in [1.29, 1.82) is 0 Å². The summed E-state index contributed by atoms with van der Waals surface area (Å²) in [5.41, 5.74) is 1.46. The van der Waals surface area contributed by atoms with Crippen molar-refractivity contribution in [3.63, 3.8) is 0 Å². The van der Waals surface area contributed by atoms with Crippen molar-refractivity contribution in [2.75, 3.05) is 20.2 Å². The van der Waals surface area contributed by atoms with E-state index >= 15 is 0 Å². The lowest BCUT2D eigenvalue weighted by Gasteiger charge is -2.18. The highest BCUT2D eigenvalue weighted by atomic mass is 79.9. The lowest BCUT2D eigenvalue weighted by atomic mass is 10.1. The smallest absolute Gasteiger partial charge is 0.336 e. The van der Waals surface area contributed by atoms with Crippen LogP contribution in [0.3, 0.4) is 0 Å². The van der Waals surface area contributed by atoms with Gasteiger partial charge in [0.05, 0.1) is 0 Å². The lowest BCUT2D eigenvalue weighted by Crippen LogP contribution is -2.24. The Labute approximate surface area is 159 Å². The molecule has 0 aliphatic rings. The molecule has 1 N–H and O–H groups in total. The number of rotatable bonds is 6. The second kappa shape index (κ2) is 7.93. The molecule has 0 atom stereocenters. The average molecular weight is 418 g/mol. The van der Waals surface area contributed by atoms with Crippen molar-refractivity contribution < 1.29 is 14.3 Å². The van der Waals surface area contributed by atoms with Crippen LogP contribution in [0.25, 0.3) is 11.0 Å². The maximum atomic E-state index is 11.9. The average Bonchev–Trinajstić information content (AvgIpc) is 2.60. The number of phenols is 1. The van der Waals surface area contributed by atoms with Crippen molar-refractivity contribution in [2.45, 2.75) is 13.5 Å². The number of hydrogen-bond donors (Lipinski definition) is 1. The first kappa shape index (κ1) is 18.5. The minimum atomic E-state index is -0.416. The van der Waals surface area contributed by atoms with Crippen LogP contribution in [0.5, 0.6) is 11.5 Å². The molecule has 0 aliphatic heterocycles. The summed E-state index contributed by atoms with van der Waals surface area (Å²) < 4.78 is 12.0. The van der Waals surface area contributed by atoms with E-state index in [4.69, 9.17) is 9.15 Å². The van der Waals surface area contributed by atoms with Crippen LogP contribution < -0.4 is 10.4 Å².